The topological polar surface area (TPSA) is 17.1 Å². The molecule has 2 heteroatoms. The summed E-state index contributed by atoms with van der Waals surface area (Å²) >= 11 is 0. The highest BCUT2D eigenvalue weighted by Crippen LogP contribution is 2.23. The quantitative estimate of drug-likeness (QED) is 0.564. The summed E-state index contributed by atoms with van der Waals surface area (Å²) in [6.07, 6.45) is 5.98. The fourth-order valence-electron chi connectivity index (χ4n) is 2.23. The predicted molar refractivity (Wildman–Crippen MR) is 79.1 cm³/mol. The molecule has 0 aromatic heterocycles. The lowest BCUT2D eigenvalue weighted by atomic mass is 9.92. The Morgan fingerprint density at radius 2 is 1.70 bits per heavy atom. The summed E-state index contributed by atoms with van der Waals surface area (Å²) in [5, 5.41) is 0. The van der Waals surface area contributed by atoms with Crippen molar-refractivity contribution in [3.05, 3.63) is 83.7 Å². The van der Waals surface area contributed by atoms with E-state index in [1.807, 2.05) is 24.3 Å². The Morgan fingerprint density at radius 1 is 1.00 bits per heavy atom. The Labute approximate surface area is 118 Å². The molecule has 0 saturated carbocycles. The number of halogens is 1. The summed E-state index contributed by atoms with van der Waals surface area (Å²) in [6, 6.07) is 16.7. The van der Waals surface area contributed by atoms with Crippen LogP contribution in [0.1, 0.15) is 23.5 Å². The minimum absolute atomic E-state index is 0.126. The number of carbonyl (C=O) groups excluding carboxylic acids is 1. The summed E-state index contributed by atoms with van der Waals surface area (Å²) in [5.74, 6) is -0.115. The Bertz CT molecular complexity index is 558. The summed E-state index contributed by atoms with van der Waals surface area (Å²) in [6.45, 7) is 0. The van der Waals surface area contributed by atoms with Gasteiger partial charge in [0.15, 0.2) is 0 Å². The number of aldehydes is 1. The van der Waals surface area contributed by atoms with Crippen LogP contribution in [0.4, 0.5) is 4.39 Å². The second kappa shape index (κ2) is 7.39. The third-order valence-corrected chi connectivity index (χ3v) is 3.31. The van der Waals surface area contributed by atoms with E-state index in [0.29, 0.717) is 0 Å². The fourth-order valence-corrected chi connectivity index (χ4v) is 2.23. The highest BCUT2D eigenvalue weighted by molar-refractivity contribution is 5.65. The van der Waals surface area contributed by atoms with Crippen molar-refractivity contribution in [2.24, 2.45) is 0 Å². The van der Waals surface area contributed by atoms with Crippen LogP contribution in [0.25, 0.3) is 0 Å². The van der Waals surface area contributed by atoms with E-state index < -0.39 is 0 Å². The summed E-state index contributed by atoms with van der Waals surface area (Å²) < 4.78 is 13.0. The van der Waals surface area contributed by atoms with Gasteiger partial charge in [0, 0.05) is 5.92 Å². The van der Waals surface area contributed by atoms with Crippen LogP contribution in [0, 0.1) is 5.82 Å². The minimum Gasteiger partial charge on any atom is -0.299 e. The number of allylic oxidation sites excluding steroid dienone is 2. The van der Waals surface area contributed by atoms with Crippen LogP contribution in [0.3, 0.4) is 0 Å². The maximum atomic E-state index is 13.0. The van der Waals surface area contributed by atoms with Gasteiger partial charge in [-0.1, -0.05) is 48.5 Å². The molecule has 0 amide bonds. The Kier molecular flexibility index (Phi) is 5.24. The van der Waals surface area contributed by atoms with Crippen molar-refractivity contribution >= 4 is 6.29 Å². The average Bonchev–Trinajstić information content (AvgIpc) is 2.50. The summed E-state index contributed by atoms with van der Waals surface area (Å²) in [4.78, 5) is 10.5. The van der Waals surface area contributed by atoms with Crippen molar-refractivity contribution in [3.8, 4) is 0 Å². The van der Waals surface area contributed by atoms with Crippen LogP contribution in [-0.2, 0) is 11.2 Å². The predicted octanol–water partition coefficient (Wildman–Crippen LogP) is 4.30. The molecule has 0 aliphatic carbocycles. The van der Waals surface area contributed by atoms with Crippen LogP contribution < -0.4 is 0 Å². The third kappa shape index (κ3) is 4.16. The van der Waals surface area contributed by atoms with Crippen molar-refractivity contribution in [1.29, 1.82) is 0 Å². The summed E-state index contributed by atoms with van der Waals surface area (Å²) in [7, 11) is 0. The molecule has 2 rings (SSSR count). The minimum atomic E-state index is -0.241. The molecule has 102 valence electrons. The fraction of sp³-hybridized carbons (Fsp3) is 0.167. The van der Waals surface area contributed by atoms with Gasteiger partial charge in [-0.05, 0) is 42.2 Å². The third-order valence-electron chi connectivity index (χ3n) is 3.31. The molecule has 0 unspecified atom stereocenters. The molecule has 20 heavy (non-hydrogen) atoms. The van der Waals surface area contributed by atoms with Gasteiger partial charge >= 0.3 is 0 Å². The first-order valence-electron chi connectivity index (χ1n) is 6.71. The van der Waals surface area contributed by atoms with Crippen LogP contribution in [0.5, 0.6) is 0 Å². The van der Waals surface area contributed by atoms with E-state index in [2.05, 4.69) is 12.1 Å². The maximum absolute atomic E-state index is 13.0. The molecule has 0 N–H and O–H groups in total. The number of hydrogen-bond acceptors (Lipinski definition) is 1. The van der Waals surface area contributed by atoms with Crippen LogP contribution in [-0.4, -0.2) is 6.29 Å². The molecular formula is C18H17FO. The first-order valence-corrected chi connectivity index (χ1v) is 6.71. The molecule has 2 aromatic carbocycles. The van der Waals surface area contributed by atoms with Gasteiger partial charge in [0.05, 0.1) is 0 Å². The number of carbonyl (C=O) groups is 1. The molecule has 0 aliphatic rings. The van der Waals surface area contributed by atoms with E-state index in [-0.39, 0.29) is 11.7 Å². The van der Waals surface area contributed by atoms with Gasteiger partial charge in [-0.15, -0.1) is 0 Å². The lowest BCUT2D eigenvalue weighted by Gasteiger charge is -2.13. The van der Waals surface area contributed by atoms with Gasteiger partial charge in [-0.2, -0.15) is 0 Å². The summed E-state index contributed by atoms with van der Waals surface area (Å²) in [5.41, 5.74) is 2.29. The van der Waals surface area contributed by atoms with Gasteiger partial charge in [-0.3, -0.25) is 4.79 Å². The molecule has 0 spiro atoms. The average molecular weight is 268 g/mol. The molecule has 0 heterocycles. The molecule has 0 fully saturated rings. The van der Waals surface area contributed by atoms with E-state index in [9.17, 15) is 9.18 Å². The van der Waals surface area contributed by atoms with Gasteiger partial charge in [0.1, 0.15) is 12.1 Å². The lowest BCUT2D eigenvalue weighted by molar-refractivity contribution is -0.104. The van der Waals surface area contributed by atoms with Crippen molar-refractivity contribution < 1.29 is 9.18 Å². The SMILES string of the molecule is O=C/C=C/[C@H](CCc1ccccc1)c1ccc(F)cc1. The molecule has 1 atom stereocenters. The van der Waals surface area contributed by atoms with E-state index in [4.69, 9.17) is 0 Å². The lowest BCUT2D eigenvalue weighted by Crippen LogP contribution is -1.98. The monoisotopic (exact) mass is 268 g/mol. The van der Waals surface area contributed by atoms with Gasteiger partial charge in [0.2, 0.25) is 0 Å². The number of aryl methyl sites for hydroxylation is 1. The largest absolute Gasteiger partial charge is 0.299 e. The molecule has 0 radical (unpaired) electrons. The van der Waals surface area contributed by atoms with Crippen molar-refractivity contribution in [2.75, 3.05) is 0 Å². The maximum Gasteiger partial charge on any atom is 0.142 e. The first-order chi connectivity index (χ1) is 9.79. The zero-order chi connectivity index (χ0) is 14.2. The molecule has 0 aliphatic heterocycles. The van der Waals surface area contributed by atoms with Crippen LogP contribution in [0.2, 0.25) is 0 Å². The number of hydrogen-bond donors (Lipinski definition) is 0. The second-order valence-corrected chi connectivity index (χ2v) is 4.70. The van der Waals surface area contributed by atoms with Crippen LogP contribution in [0.15, 0.2) is 66.7 Å². The van der Waals surface area contributed by atoms with Gasteiger partial charge < -0.3 is 0 Å². The van der Waals surface area contributed by atoms with Crippen molar-refractivity contribution in [1.82, 2.24) is 0 Å². The zero-order valence-corrected chi connectivity index (χ0v) is 11.2. The smallest absolute Gasteiger partial charge is 0.142 e. The molecule has 0 saturated heterocycles. The van der Waals surface area contributed by atoms with E-state index in [1.165, 1.54) is 23.8 Å². The number of benzene rings is 2. The molecule has 2 aromatic rings. The Hall–Kier alpha value is -2.22. The Balaban J connectivity index is 2.09. The molecular weight excluding hydrogens is 251 g/mol. The van der Waals surface area contributed by atoms with Gasteiger partial charge in [0.25, 0.3) is 0 Å². The van der Waals surface area contributed by atoms with Gasteiger partial charge in [-0.25, -0.2) is 4.39 Å². The molecule has 0 bridgehead atoms. The second-order valence-electron chi connectivity index (χ2n) is 4.70. The highest BCUT2D eigenvalue weighted by Gasteiger charge is 2.08. The highest BCUT2D eigenvalue weighted by atomic mass is 19.1. The van der Waals surface area contributed by atoms with E-state index >= 15 is 0 Å². The number of rotatable bonds is 6. The van der Waals surface area contributed by atoms with Crippen molar-refractivity contribution in [3.63, 3.8) is 0 Å². The van der Waals surface area contributed by atoms with E-state index in [1.54, 1.807) is 12.1 Å². The van der Waals surface area contributed by atoms with E-state index in [0.717, 1.165) is 24.7 Å². The van der Waals surface area contributed by atoms with Crippen molar-refractivity contribution in [2.45, 2.75) is 18.8 Å². The Morgan fingerprint density at radius 3 is 2.35 bits per heavy atom. The normalized spacial score (nSPS) is 12.4. The zero-order valence-electron chi connectivity index (χ0n) is 11.2. The standard InChI is InChI=1S/C18H17FO/c19-18-12-10-17(11-13-18)16(7-4-14-20)9-8-15-5-2-1-3-6-15/h1-7,10-14,16H,8-9H2/b7-4+/t16-/m1/s1. The van der Waals surface area contributed by atoms with Crippen LogP contribution >= 0.6 is 0 Å². The first kappa shape index (κ1) is 14.2. The molecule has 1 nitrogen and oxygen atoms in total.